The van der Waals surface area contributed by atoms with E-state index in [-0.39, 0.29) is 4.90 Å². The highest BCUT2D eigenvalue weighted by molar-refractivity contribution is 7.90. The van der Waals surface area contributed by atoms with Crippen molar-refractivity contribution in [3.05, 3.63) is 103 Å². The third-order valence-electron chi connectivity index (χ3n) is 5.15. The fourth-order valence-corrected chi connectivity index (χ4v) is 4.93. The molecular weight excluding hydrogens is 422 g/mol. The zero-order chi connectivity index (χ0) is 22.1. The molecule has 0 atom stereocenters. The SMILES string of the molecule is Nc1cccc(Cc2cc(-c3cnc4c(ccn4S(=O)(=O)c4ccccc4)c3)ncn2)c1. The average molecular weight is 442 g/mol. The number of hydrogen-bond acceptors (Lipinski definition) is 6. The molecule has 3 heterocycles. The molecule has 8 heteroatoms. The molecule has 32 heavy (non-hydrogen) atoms. The third kappa shape index (κ3) is 3.72. The molecule has 2 aromatic carbocycles. The molecule has 5 aromatic rings. The van der Waals surface area contributed by atoms with E-state index in [1.165, 1.54) is 16.5 Å². The van der Waals surface area contributed by atoms with Crippen molar-refractivity contribution in [2.24, 2.45) is 0 Å². The Bertz CT molecular complexity index is 1530. The van der Waals surface area contributed by atoms with Gasteiger partial charge in [-0.15, -0.1) is 0 Å². The Kier molecular flexibility index (Phi) is 4.91. The summed E-state index contributed by atoms with van der Waals surface area (Å²) in [7, 11) is -3.73. The summed E-state index contributed by atoms with van der Waals surface area (Å²) in [5.41, 5.74) is 10.4. The lowest BCUT2D eigenvalue weighted by Crippen LogP contribution is -2.12. The van der Waals surface area contributed by atoms with Gasteiger partial charge in [0.2, 0.25) is 0 Å². The summed E-state index contributed by atoms with van der Waals surface area (Å²) in [4.78, 5) is 13.4. The Morgan fingerprint density at radius 3 is 2.53 bits per heavy atom. The first-order valence-electron chi connectivity index (χ1n) is 9.94. The monoisotopic (exact) mass is 441 g/mol. The van der Waals surface area contributed by atoms with Crippen LogP contribution in [-0.2, 0) is 16.4 Å². The number of hydrogen-bond donors (Lipinski definition) is 1. The normalized spacial score (nSPS) is 11.6. The molecule has 0 amide bonds. The van der Waals surface area contributed by atoms with E-state index in [2.05, 4.69) is 15.0 Å². The summed E-state index contributed by atoms with van der Waals surface area (Å²) in [5, 5.41) is 0.706. The molecule has 5 rings (SSSR count). The second-order valence-electron chi connectivity index (χ2n) is 7.38. The quantitative estimate of drug-likeness (QED) is 0.415. The minimum Gasteiger partial charge on any atom is -0.399 e. The summed E-state index contributed by atoms with van der Waals surface area (Å²) in [5.74, 6) is 0. The molecule has 0 bridgehead atoms. The van der Waals surface area contributed by atoms with Crippen LogP contribution in [0.2, 0.25) is 0 Å². The topological polar surface area (TPSA) is 104 Å². The number of rotatable bonds is 5. The van der Waals surface area contributed by atoms with Gasteiger partial charge in [0.05, 0.1) is 10.6 Å². The van der Waals surface area contributed by atoms with Gasteiger partial charge in [-0.25, -0.2) is 27.3 Å². The molecule has 7 nitrogen and oxygen atoms in total. The van der Waals surface area contributed by atoms with Gasteiger partial charge < -0.3 is 5.73 Å². The van der Waals surface area contributed by atoms with Crippen LogP contribution in [0, 0.1) is 0 Å². The minimum absolute atomic E-state index is 0.213. The van der Waals surface area contributed by atoms with Crippen LogP contribution in [0.3, 0.4) is 0 Å². The van der Waals surface area contributed by atoms with E-state index >= 15 is 0 Å². The summed E-state index contributed by atoms with van der Waals surface area (Å²) in [6.07, 6.45) is 5.30. The lowest BCUT2D eigenvalue weighted by Gasteiger charge is -2.08. The first-order chi connectivity index (χ1) is 15.5. The lowest BCUT2D eigenvalue weighted by atomic mass is 10.1. The van der Waals surface area contributed by atoms with Gasteiger partial charge in [-0.05, 0) is 48.0 Å². The van der Waals surface area contributed by atoms with E-state index in [1.54, 1.807) is 42.6 Å². The first-order valence-corrected chi connectivity index (χ1v) is 11.4. The third-order valence-corrected chi connectivity index (χ3v) is 6.83. The summed E-state index contributed by atoms with van der Waals surface area (Å²) >= 11 is 0. The molecule has 0 saturated heterocycles. The highest BCUT2D eigenvalue weighted by Crippen LogP contribution is 2.25. The molecule has 0 aliphatic heterocycles. The number of aromatic nitrogens is 4. The smallest absolute Gasteiger partial charge is 0.269 e. The van der Waals surface area contributed by atoms with Crippen LogP contribution < -0.4 is 5.73 Å². The molecule has 0 unspecified atom stereocenters. The van der Waals surface area contributed by atoms with Crippen molar-refractivity contribution in [1.82, 2.24) is 18.9 Å². The second kappa shape index (κ2) is 7.90. The fraction of sp³-hybridized carbons (Fsp3) is 0.0417. The number of anilines is 1. The van der Waals surface area contributed by atoms with Crippen LogP contribution in [-0.4, -0.2) is 27.3 Å². The van der Waals surface area contributed by atoms with Crippen LogP contribution in [0.25, 0.3) is 22.3 Å². The van der Waals surface area contributed by atoms with Gasteiger partial charge in [0, 0.05) is 41.1 Å². The van der Waals surface area contributed by atoms with Crippen LogP contribution >= 0.6 is 0 Å². The molecule has 0 spiro atoms. The molecule has 0 aliphatic carbocycles. The molecule has 3 aromatic heterocycles. The maximum Gasteiger partial charge on any atom is 0.269 e. The van der Waals surface area contributed by atoms with Crippen molar-refractivity contribution in [1.29, 1.82) is 0 Å². The number of fused-ring (bicyclic) bond motifs is 1. The van der Waals surface area contributed by atoms with E-state index in [9.17, 15) is 8.42 Å². The van der Waals surface area contributed by atoms with E-state index in [0.717, 1.165) is 16.8 Å². The minimum atomic E-state index is -3.73. The van der Waals surface area contributed by atoms with Crippen LogP contribution in [0.1, 0.15) is 11.3 Å². The molecule has 0 fully saturated rings. The van der Waals surface area contributed by atoms with Crippen molar-refractivity contribution in [2.45, 2.75) is 11.3 Å². The summed E-state index contributed by atoms with van der Waals surface area (Å²) in [6.45, 7) is 0. The number of nitrogen functional groups attached to an aromatic ring is 1. The molecular formula is C24H19N5O2S. The number of nitrogens with zero attached hydrogens (tertiary/aromatic N) is 4. The molecule has 0 radical (unpaired) electrons. The van der Waals surface area contributed by atoms with E-state index in [1.807, 2.05) is 36.4 Å². The van der Waals surface area contributed by atoms with Gasteiger partial charge in [0.25, 0.3) is 10.0 Å². The first kappa shape index (κ1) is 19.9. The highest BCUT2D eigenvalue weighted by atomic mass is 32.2. The number of benzene rings is 2. The van der Waals surface area contributed by atoms with Gasteiger partial charge in [-0.2, -0.15) is 0 Å². The van der Waals surface area contributed by atoms with Crippen molar-refractivity contribution >= 4 is 26.7 Å². The van der Waals surface area contributed by atoms with Crippen molar-refractivity contribution in [3.63, 3.8) is 0 Å². The van der Waals surface area contributed by atoms with Gasteiger partial charge in [0.15, 0.2) is 5.65 Å². The highest BCUT2D eigenvalue weighted by Gasteiger charge is 2.19. The van der Waals surface area contributed by atoms with Crippen molar-refractivity contribution in [3.8, 4) is 11.3 Å². The molecule has 2 N–H and O–H groups in total. The Morgan fingerprint density at radius 1 is 0.875 bits per heavy atom. The Morgan fingerprint density at radius 2 is 1.72 bits per heavy atom. The van der Waals surface area contributed by atoms with Crippen LogP contribution in [0.4, 0.5) is 5.69 Å². The maximum atomic E-state index is 13.0. The molecule has 0 aliphatic rings. The van der Waals surface area contributed by atoms with Gasteiger partial charge in [-0.3, -0.25) is 0 Å². The van der Waals surface area contributed by atoms with E-state index < -0.39 is 10.0 Å². The fourth-order valence-electron chi connectivity index (χ4n) is 3.60. The largest absolute Gasteiger partial charge is 0.399 e. The Balaban J connectivity index is 1.49. The number of pyridine rings is 1. The van der Waals surface area contributed by atoms with Gasteiger partial charge in [-0.1, -0.05) is 30.3 Å². The number of nitrogens with two attached hydrogens (primary N) is 1. The van der Waals surface area contributed by atoms with E-state index in [0.29, 0.717) is 28.8 Å². The lowest BCUT2D eigenvalue weighted by molar-refractivity contribution is 0.589. The maximum absolute atomic E-state index is 13.0. The standard InChI is InChI=1S/C24H19N5O2S/c25-20-6-4-5-17(11-20)12-21-14-23(28-16-27-21)19-13-18-9-10-29(24(18)26-15-19)32(30,31)22-7-2-1-3-8-22/h1-11,13-16H,12,25H2. The van der Waals surface area contributed by atoms with Crippen LogP contribution in [0.15, 0.2) is 96.4 Å². The second-order valence-corrected chi connectivity index (χ2v) is 9.20. The van der Waals surface area contributed by atoms with Crippen molar-refractivity contribution in [2.75, 3.05) is 5.73 Å². The van der Waals surface area contributed by atoms with Crippen LogP contribution in [0.5, 0.6) is 0 Å². The zero-order valence-corrected chi connectivity index (χ0v) is 17.8. The summed E-state index contributed by atoms with van der Waals surface area (Å²) < 4.78 is 27.2. The Hall–Kier alpha value is -4.04. The predicted molar refractivity (Wildman–Crippen MR) is 123 cm³/mol. The Labute approximate surface area is 185 Å². The van der Waals surface area contributed by atoms with Crippen molar-refractivity contribution < 1.29 is 8.42 Å². The predicted octanol–water partition coefficient (Wildman–Crippen LogP) is 3.90. The van der Waals surface area contributed by atoms with E-state index in [4.69, 9.17) is 5.73 Å². The molecule has 0 saturated carbocycles. The van der Waals surface area contributed by atoms with Gasteiger partial charge >= 0.3 is 0 Å². The molecule has 158 valence electrons. The summed E-state index contributed by atoms with van der Waals surface area (Å²) in [6, 6.07) is 21.5. The van der Waals surface area contributed by atoms with Gasteiger partial charge in [0.1, 0.15) is 6.33 Å². The zero-order valence-electron chi connectivity index (χ0n) is 17.0. The average Bonchev–Trinajstić information content (AvgIpc) is 3.24.